The molecule has 4 heteroatoms. The van der Waals surface area contributed by atoms with Crippen LogP contribution in [0.25, 0.3) is 6.08 Å². The van der Waals surface area contributed by atoms with Gasteiger partial charge in [-0.1, -0.05) is 61.3 Å². The average molecular weight is 348 g/mol. The minimum Gasteiger partial charge on any atom is -0.322 e. The Morgan fingerprint density at radius 1 is 1.09 bits per heavy atom. The molecule has 0 fully saturated rings. The van der Waals surface area contributed by atoms with Crippen LogP contribution in [0.3, 0.4) is 0 Å². The molecule has 0 saturated carbocycles. The second kappa shape index (κ2) is 7.67. The Morgan fingerprint density at radius 2 is 1.70 bits per heavy atom. The largest absolute Gasteiger partial charge is 0.322 e. The standard InChI is InChI=1S/C19H19Cl2NO/c1-12(2)14-7-4-6-13(3)19(14)22-18(23)11-10-15-16(20)8-5-9-17(15)21/h4-12H,1-3H3,(H,22,23)/b11-10+. The maximum Gasteiger partial charge on any atom is 0.248 e. The van der Waals surface area contributed by atoms with Crippen molar-refractivity contribution in [2.75, 3.05) is 5.32 Å². The Hall–Kier alpha value is -1.77. The van der Waals surface area contributed by atoms with Gasteiger partial charge in [0, 0.05) is 27.4 Å². The third-order valence-corrected chi connectivity index (χ3v) is 4.24. The highest BCUT2D eigenvalue weighted by Crippen LogP contribution is 2.28. The second-order valence-electron chi connectivity index (χ2n) is 5.65. The Bertz CT molecular complexity index is 731. The van der Waals surface area contributed by atoms with E-state index >= 15 is 0 Å². The number of carbonyl (C=O) groups is 1. The summed E-state index contributed by atoms with van der Waals surface area (Å²) in [4.78, 5) is 12.3. The van der Waals surface area contributed by atoms with Crippen LogP contribution in [0.5, 0.6) is 0 Å². The van der Waals surface area contributed by atoms with Crippen LogP contribution in [-0.2, 0) is 4.79 Å². The number of hydrogen-bond acceptors (Lipinski definition) is 1. The molecule has 23 heavy (non-hydrogen) atoms. The van der Waals surface area contributed by atoms with Crippen LogP contribution in [0.2, 0.25) is 10.0 Å². The lowest BCUT2D eigenvalue weighted by molar-refractivity contribution is -0.111. The summed E-state index contributed by atoms with van der Waals surface area (Å²) in [5.41, 5.74) is 3.65. The summed E-state index contributed by atoms with van der Waals surface area (Å²) in [6.07, 6.45) is 3.08. The fourth-order valence-corrected chi connectivity index (χ4v) is 2.86. The van der Waals surface area contributed by atoms with Gasteiger partial charge < -0.3 is 5.32 Å². The van der Waals surface area contributed by atoms with Crippen molar-refractivity contribution in [1.29, 1.82) is 0 Å². The number of nitrogens with one attached hydrogen (secondary N) is 1. The summed E-state index contributed by atoms with van der Waals surface area (Å²) < 4.78 is 0. The van der Waals surface area contributed by atoms with E-state index in [9.17, 15) is 4.79 Å². The van der Waals surface area contributed by atoms with Gasteiger partial charge in [0.25, 0.3) is 0 Å². The van der Waals surface area contributed by atoms with Crippen LogP contribution in [0.1, 0.15) is 36.5 Å². The fraction of sp³-hybridized carbons (Fsp3) is 0.211. The predicted molar refractivity (Wildman–Crippen MR) is 99.4 cm³/mol. The van der Waals surface area contributed by atoms with Gasteiger partial charge in [-0.25, -0.2) is 0 Å². The number of amides is 1. The number of para-hydroxylation sites is 1. The first-order valence-electron chi connectivity index (χ1n) is 7.42. The first-order chi connectivity index (χ1) is 10.9. The number of halogens is 2. The van der Waals surface area contributed by atoms with E-state index in [1.165, 1.54) is 6.08 Å². The van der Waals surface area contributed by atoms with Crippen molar-refractivity contribution in [2.45, 2.75) is 26.7 Å². The molecule has 120 valence electrons. The highest BCUT2D eigenvalue weighted by molar-refractivity contribution is 6.37. The van der Waals surface area contributed by atoms with Crippen LogP contribution in [0.4, 0.5) is 5.69 Å². The summed E-state index contributed by atoms with van der Waals surface area (Å²) in [7, 11) is 0. The van der Waals surface area contributed by atoms with Crippen molar-refractivity contribution < 1.29 is 4.79 Å². The van der Waals surface area contributed by atoms with Gasteiger partial charge in [0.2, 0.25) is 5.91 Å². The van der Waals surface area contributed by atoms with Crippen LogP contribution in [0, 0.1) is 6.92 Å². The van der Waals surface area contributed by atoms with Crippen LogP contribution in [0.15, 0.2) is 42.5 Å². The molecule has 0 aliphatic rings. The molecule has 1 amide bonds. The molecule has 0 spiro atoms. The van der Waals surface area contributed by atoms with Crippen molar-refractivity contribution in [3.05, 3.63) is 69.2 Å². The molecule has 0 atom stereocenters. The van der Waals surface area contributed by atoms with Gasteiger partial charge in [-0.3, -0.25) is 4.79 Å². The van der Waals surface area contributed by atoms with Crippen molar-refractivity contribution in [3.63, 3.8) is 0 Å². The fourth-order valence-electron chi connectivity index (χ4n) is 2.34. The van der Waals surface area contributed by atoms with E-state index < -0.39 is 0 Å². The summed E-state index contributed by atoms with van der Waals surface area (Å²) in [5, 5.41) is 3.99. The predicted octanol–water partition coefficient (Wildman–Crippen LogP) is 6.08. The summed E-state index contributed by atoms with van der Waals surface area (Å²) in [6, 6.07) is 11.3. The number of aryl methyl sites for hydroxylation is 1. The molecule has 1 N–H and O–H groups in total. The van der Waals surface area contributed by atoms with E-state index in [0.717, 1.165) is 16.8 Å². The molecule has 0 heterocycles. The Labute approximate surface area is 147 Å². The smallest absolute Gasteiger partial charge is 0.248 e. The average Bonchev–Trinajstić information content (AvgIpc) is 2.48. The molecule has 0 saturated heterocycles. The molecule has 0 aromatic heterocycles. The van der Waals surface area contributed by atoms with Crippen molar-refractivity contribution in [1.82, 2.24) is 0 Å². The quantitative estimate of drug-likeness (QED) is 0.667. The van der Waals surface area contributed by atoms with Gasteiger partial charge in [-0.15, -0.1) is 0 Å². The molecular weight excluding hydrogens is 329 g/mol. The molecule has 2 aromatic carbocycles. The lowest BCUT2D eigenvalue weighted by atomic mass is 9.98. The number of benzene rings is 2. The van der Waals surface area contributed by atoms with Crippen molar-refractivity contribution in [3.8, 4) is 0 Å². The van der Waals surface area contributed by atoms with E-state index in [4.69, 9.17) is 23.2 Å². The molecule has 0 unspecified atom stereocenters. The second-order valence-corrected chi connectivity index (χ2v) is 6.47. The first kappa shape index (κ1) is 17.6. The van der Waals surface area contributed by atoms with Crippen LogP contribution >= 0.6 is 23.2 Å². The molecule has 0 aliphatic carbocycles. The number of rotatable bonds is 4. The van der Waals surface area contributed by atoms with Crippen LogP contribution in [-0.4, -0.2) is 5.91 Å². The molecule has 2 rings (SSSR count). The number of carbonyl (C=O) groups excluding carboxylic acids is 1. The summed E-state index contributed by atoms with van der Waals surface area (Å²) in [5.74, 6) is 0.115. The zero-order valence-electron chi connectivity index (χ0n) is 13.4. The lowest BCUT2D eigenvalue weighted by Crippen LogP contribution is -2.11. The SMILES string of the molecule is Cc1cccc(C(C)C)c1NC(=O)/C=C/c1c(Cl)cccc1Cl. The van der Waals surface area contributed by atoms with Gasteiger partial charge in [0.1, 0.15) is 0 Å². The van der Waals surface area contributed by atoms with Gasteiger partial charge in [-0.05, 0) is 42.2 Å². The van der Waals surface area contributed by atoms with E-state index in [0.29, 0.717) is 21.5 Å². The third-order valence-electron chi connectivity index (χ3n) is 3.58. The van der Waals surface area contributed by atoms with Crippen molar-refractivity contribution >= 4 is 40.9 Å². The molecule has 2 nitrogen and oxygen atoms in total. The number of anilines is 1. The molecule has 0 radical (unpaired) electrons. The van der Waals surface area contributed by atoms with Crippen molar-refractivity contribution in [2.24, 2.45) is 0 Å². The van der Waals surface area contributed by atoms with Crippen LogP contribution < -0.4 is 5.32 Å². The first-order valence-corrected chi connectivity index (χ1v) is 8.18. The highest BCUT2D eigenvalue weighted by atomic mass is 35.5. The molecule has 2 aromatic rings. The monoisotopic (exact) mass is 347 g/mol. The van der Waals surface area contributed by atoms with Gasteiger partial charge >= 0.3 is 0 Å². The van der Waals surface area contributed by atoms with E-state index in [1.807, 2.05) is 25.1 Å². The third kappa shape index (κ3) is 4.37. The zero-order valence-corrected chi connectivity index (χ0v) is 14.9. The van der Waals surface area contributed by atoms with Gasteiger partial charge in [0.05, 0.1) is 0 Å². The minimum absolute atomic E-state index is 0.211. The Balaban J connectivity index is 2.22. The van der Waals surface area contributed by atoms with E-state index in [1.54, 1.807) is 24.3 Å². The minimum atomic E-state index is -0.211. The Kier molecular flexibility index (Phi) is 5.86. The van der Waals surface area contributed by atoms with Gasteiger partial charge in [-0.2, -0.15) is 0 Å². The lowest BCUT2D eigenvalue weighted by Gasteiger charge is -2.15. The number of hydrogen-bond donors (Lipinski definition) is 1. The maximum atomic E-state index is 12.3. The molecule has 0 bridgehead atoms. The maximum absolute atomic E-state index is 12.3. The highest BCUT2D eigenvalue weighted by Gasteiger charge is 2.11. The van der Waals surface area contributed by atoms with Gasteiger partial charge in [0.15, 0.2) is 0 Å². The zero-order chi connectivity index (χ0) is 17.0. The summed E-state index contributed by atoms with van der Waals surface area (Å²) in [6.45, 7) is 6.18. The normalized spacial score (nSPS) is 11.2. The molecular formula is C19H19Cl2NO. The van der Waals surface area contributed by atoms with E-state index in [2.05, 4.69) is 19.2 Å². The Morgan fingerprint density at radius 3 is 2.30 bits per heavy atom. The van der Waals surface area contributed by atoms with E-state index in [-0.39, 0.29) is 5.91 Å². The topological polar surface area (TPSA) is 29.1 Å². The summed E-state index contributed by atoms with van der Waals surface area (Å²) >= 11 is 12.2. The molecule has 0 aliphatic heterocycles.